The molecule has 1 fully saturated rings. The van der Waals surface area contributed by atoms with Gasteiger partial charge < -0.3 is 4.90 Å². The number of carbonyl (C=O) groups excluding carboxylic acids is 1. The minimum Gasteiger partial charge on any atom is -0.341 e. The van der Waals surface area contributed by atoms with Gasteiger partial charge in [0.25, 0.3) is 10.0 Å². The molecule has 1 aliphatic rings. The fraction of sp³-hybridized carbons (Fsp3) is 0.350. The number of nitrogens with zero attached hydrogens (tertiary/aromatic N) is 2. The van der Waals surface area contributed by atoms with Crippen molar-refractivity contribution in [1.82, 2.24) is 4.90 Å². The summed E-state index contributed by atoms with van der Waals surface area (Å²) >= 11 is 2.17. The maximum absolute atomic E-state index is 13.3. The Morgan fingerprint density at radius 2 is 1.81 bits per heavy atom. The normalized spacial score (nSPS) is 17.6. The average molecular weight is 498 g/mol. The van der Waals surface area contributed by atoms with Crippen LogP contribution in [0.3, 0.4) is 0 Å². The summed E-state index contributed by atoms with van der Waals surface area (Å²) in [5.41, 5.74) is 0.498. The molecule has 27 heavy (non-hydrogen) atoms. The lowest BCUT2D eigenvalue weighted by molar-refractivity contribution is -0.131. The predicted octanol–water partition coefficient (Wildman–Crippen LogP) is 3.75. The van der Waals surface area contributed by atoms with E-state index in [4.69, 9.17) is 0 Å². The third kappa shape index (κ3) is 4.82. The molecule has 5 nitrogen and oxygen atoms in total. The number of likely N-dealkylation sites (tertiary alicyclic amines) is 1. The second kappa shape index (κ2) is 8.60. The van der Waals surface area contributed by atoms with Crippen LogP contribution < -0.4 is 4.31 Å². The number of rotatable bonds is 5. The van der Waals surface area contributed by atoms with Gasteiger partial charge in [0, 0.05) is 16.7 Å². The number of hydrogen-bond donors (Lipinski definition) is 0. The molecule has 0 unspecified atom stereocenters. The quantitative estimate of drug-likeness (QED) is 0.591. The van der Waals surface area contributed by atoms with Gasteiger partial charge in [-0.1, -0.05) is 25.1 Å². The molecule has 0 radical (unpaired) electrons. The van der Waals surface area contributed by atoms with Gasteiger partial charge in [-0.25, -0.2) is 8.42 Å². The van der Waals surface area contributed by atoms with Crippen LogP contribution in [0.5, 0.6) is 0 Å². The van der Waals surface area contributed by atoms with E-state index in [9.17, 15) is 13.2 Å². The van der Waals surface area contributed by atoms with Gasteiger partial charge in [-0.15, -0.1) is 0 Å². The Morgan fingerprint density at radius 1 is 1.15 bits per heavy atom. The lowest BCUT2D eigenvalue weighted by Crippen LogP contribution is -2.46. The highest BCUT2D eigenvalue weighted by Gasteiger charge is 2.30. The van der Waals surface area contributed by atoms with E-state index in [0.717, 1.165) is 16.4 Å². The number of piperidine rings is 1. The molecule has 0 aliphatic carbocycles. The van der Waals surface area contributed by atoms with Gasteiger partial charge in [-0.2, -0.15) is 0 Å². The van der Waals surface area contributed by atoms with Crippen LogP contribution in [0.2, 0.25) is 0 Å². The molecule has 2 aromatic rings. The Hall–Kier alpha value is -1.61. The highest BCUT2D eigenvalue weighted by molar-refractivity contribution is 14.1. The molecule has 0 spiro atoms. The predicted molar refractivity (Wildman–Crippen MR) is 115 cm³/mol. The molecule has 144 valence electrons. The Kier molecular flexibility index (Phi) is 6.41. The zero-order valence-corrected chi connectivity index (χ0v) is 18.2. The van der Waals surface area contributed by atoms with Gasteiger partial charge in [-0.3, -0.25) is 9.10 Å². The molecule has 1 saturated heterocycles. The smallest absolute Gasteiger partial charge is 0.264 e. The van der Waals surface area contributed by atoms with E-state index in [-0.39, 0.29) is 17.3 Å². The van der Waals surface area contributed by atoms with E-state index in [1.165, 1.54) is 4.31 Å². The summed E-state index contributed by atoms with van der Waals surface area (Å²) in [7, 11) is -3.83. The number of carbonyl (C=O) groups is 1. The van der Waals surface area contributed by atoms with Crippen molar-refractivity contribution >= 4 is 44.2 Å². The SMILES string of the molecule is C[C@H]1CCCN(C(=O)CN(c2ccc(I)cc2)S(=O)(=O)c2ccccc2)C1. The molecule has 1 aliphatic heterocycles. The molecular formula is C20H23IN2O3S. The van der Waals surface area contributed by atoms with Gasteiger partial charge >= 0.3 is 0 Å². The van der Waals surface area contributed by atoms with Gasteiger partial charge in [0.2, 0.25) is 5.91 Å². The topological polar surface area (TPSA) is 57.7 Å². The van der Waals surface area contributed by atoms with Crippen molar-refractivity contribution in [2.45, 2.75) is 24.7 Å². The van der Waals surface area contributed by atoms with E-state index in [1.54, 1.807) is 47.4 Å². The highest BCUT2D eigenvalue weighted by atomic mass is 127. The first-order chi connectivity index (χ1) is 12.9. The van der Waals surface area contributed by atoms with E-state index in [0.29, 0.717) is 24.7 Å². The third-order valence-corrected chi connectivity index (χ3v) is 7.24. The number of hydrogen-bond acceptors (Lipinski definition) is 3. The minimum absolute atomic E-state index is 0.153. The summed E-state index contributed by atoms with van der Waals surface area (Å²) in [6.45, 7) is 3.31. The average Bonchev–Trinajstić information content (AvgIpc) is 2.67. The van der Waals surface area contributed by atoms with Crippen LogP contribution in [0.15, 0.2) is 59.5 Å². The van der Waals surface area contributed by atoms with Crippen LogP contribution in [-0.2, 0) is 14.8 Å². The van der Waals surface area contributed by atoms with E-state index >= 15 is 0 Å². The molecule has 2 aromatic carbocycles. The van der Waals surface area contributed by atoms with Crippen molar-refractivity contribution in [2.75, 3.05) is 23.9 Å². The standard InChI is InChI=1S/C20H23IN2O3S/c1-16-6-5-13-22(14-16)20(24)15-23(18-11-9-17(21)10-12-18)27(25,26)19-7-3-2-4-8-19/h2-4,7-12,16H,5-6,13-15H2,1H3/t16-/m0/s1. The summed E-state index contributed by atoms with van der Waals surface area (Å²) in [6, 6.07) is 15.4. The van der Waals surface area contributed by atoms with Crippen molar-refractivity contribution in [3.8, 4) is 0 Å². The van der Waals surface area contributed by atoms with Crippen LogP contribution >= 0.6 is 22.6 Å². The van der Waals surface area contributed by atoms with Gasteiger partial charge in [0.05, 0.1) is 10.6 Å². The van der Waals surface area contributed by atoms with Crippen molar-refractivity contribution < 1.29 is 13.2 Å². The monoisotopic (exact) mass is 498 g/mol. The van der Waals surface area contributed by atoms with E-state index in [2.05, 4.69) is 29.5 Å². The zero-order chi connectivity index (χ0) is 19.4. The summed E-state index contributed by atoms with van der Waals surface area (Å²) in [5, 5.41) is 0. The van der Waals surface area contributed by atoms with Crippen molar-refractivity contribution in [3.63, 3.8) is 0 Å². The molecule has 0 bridgehead atoms. The molecule has 1 amide bonds. The van der Waals surface area contributed by atoms with Crippen molar-refractivity contribution in [1.29, 1.82) is 0 Å². The third-order valence-electron chi connectivity index (χ3n) is 4.73. The van der Waals surface area contributed by atoms with Crippen LogP contribution in [0.4, 0.5) is 5.69 Å². The Morgan fingerprint density at radius 3 is 2.44 bits per heavy atom. The molecule has 1 atom stereocenters. The van der Waals surface area contributed by atoms with Crippen molar-refractivity contribution in [3.05, 3.63) is 58.2 Å². The molecule has 0 N–H and O–H groups in total. The summed E-state index contributed by atoms with van der Waals surface area (Å²) < 4.78 is 28.7. The van der Waals surface area contributed by atoms with E-state index in [1.807, 2.05) is 12.1 Å². The number of halogens is 1. The Bertz CT molecular complexity index is 885. The summed E-state index contributed by atoms with van der Waals surface area (Å²) in [4.78, 5) is 14.9. The van der Waals surface area contributed by atoms with Gasteiger partial charge in [0.15, 0.2) is 0 Å². The Labute approximate surface area is 174 Å². The lowest BCUT2D eigenvalue weighted by Gasteiger charge is -2.33. The highest BCUT2D eigenvalue weighted by Crippen LogP contribution is 2.25. The maximum Gasteiger partial charge on any atom is 0.264 e. The van der Waals surface area contributed by atoms with Crippen LogP contribution in [0.1, 0.15) is 19.8 Å². The minimum atomic E-state index is -3.83. The summed E-state index contributed by atoms with van der Waals surface area (Å²) in [5.74, 6) is 0.291. The van der Waals surface area contributed by atoms with Crippen LogP contribution in [0.25, 0.3) is 0 Å². The number of amides is 1. The first-order valence-corrected chi connectivity index (χ1v) is 11.5. The first-order valence-electron chi connectivity index (χ1n) is 8.99. The number of anilines is 1. The number of sulfonamides is 1. The Balaban J connectivity index is 1.93. The molecule has 0 saturated carbocycles. The van der Waals surface area contributed by atoms with Crippen molar-refractivity contribution in [2.24, 2.45) is 5.92 Å². The van der Waals surface area contributed by atoms with Crippen LogP contribution in [0, 0.1) is 9.49 Å². The fourth-order valence-electron chi connectivity index (χ4n) is 3.28. The van der Waals surface area contributed by atoms with Crippen LogP contribution in [-0.4, -0.2) is 38.9 Å². The second-order valence-corrected chi connectivity index (χ2v) is 10.00. The lowest BCUT2D eigenvalue weighted by atomic mass is 10.0. The summed E-state index contributed by atoms with van der Waals surface area (Å²) in [6.07, 6.45) is 2.06. The largest absolute Gasteiger partial charge is 0.341 e. The second-order valence-electron chi connectivity index (χ2n) is 6.89. The first kappa shape index (κ1) is 20.1. The van der Waals surface area contributed by atoms with Gasteiger partial charge in [0.1, 0.15) is 6.54 Å². The fourth-order valence-corrected chi connectivity index (χ4v) is 5.08. The molecule has 3 rings (SSSR count). The molecular weight excluding hydrogens is 475 g/mol. The maximum atomic E-state index is 13.3. The molecule has 7 heteroatoms. The molecule has 0 aromatic heterocycles. The number of benzene rings is 2. The zero-order valence-electron chi connectivity index (χ0n) is 15.2. The molecule has 1 heterocycles. The van der Waals surface area contributed by atoms with E-state index < -0.39 is 10.0 Å². The van der Waals surface area contributed by atoms with Gasteiger partial charge in [-0.05, 0) is 77.7 Å².